The van der Waals surface area contributed by atoms with Crippen LogP contribution in [0.15, 0.2) is 34.6 Å². The summed E-state index contributed by atoms with van der Waals surface area (Å²) in [5.74, 6) is -1.70. The van der Waals surface area contributed by atoms with E-state index in [0.29, 0.717) is 17.6 Å². The third-order valence-electron chi connectivity index (χ3n) is 3.71. The fourth-order valence-electron chi connectivity index (χ4n) is 2.55. The Hall–Kier alpha value is -1.76. The Morgan fingerprint density at radius 1 is 1.48 bits per heavy atom. The van der Waals surface area contributed by atoms with Crippen molar-refractivity contribution in [2.24, 2.45) is 0 Å². The van der Waals surface area contributed by atoms with Crippen molar-refractivity contribution in [2.75, 3.05) is 0 Å². The number of ether oxygens (including phenoxy) is 1. The van der Waals surface area contributed by atoms with Gasteiger partial charge in [0.1, 0.15) is 0 Å². The van der Waals surface area contributed by atoms with Gasteiger partial charge in [0, 0.05) is 6.42 Å². The number of allylic oxidation sites excluding steroid dienone is 2. The maximum atomic E-state index is 13.0. The first-order valence-corrected chi connectivity index (χ1v) is 6.41. The molecule has 0 aromatic heterocycles. The Bertz CT molecular complexity index is 571. The molecule has 2 unspecified atom stereocenters. The lowest BCUT2D eigenvalue weighted by atomic mass is 9.80. The van der Waals surface area contributed by atoms with Crippen LogP contribution in [0.25, 0.3) is 0 Å². The smallest absolute Gasteiger partial charge is 0.419 e. The molecule has 1 heterocycles. The molecule has 0 fully saturated rings. The molecule has 0 saturated heterocycles. The Morgan fingerprint density at radius 2 is 2.10 bits per heavy atom. The van der Waals surface area contributed by atoms with Crippen molar-refractivity contribution in [2.45, 2.75) is 44.6 Å². The van der Waals surface area contributed by atoms with E-state index in [4.69, 9.17) is 9.84 Å². The summed E-state index contributed by atoms with van der Waals surface area (Å²) in [7, 11) is 0. The van der Waals surface area contributed by atoms with Gasteiger partial charge in [-0.25, -0.2) is 4.79 Å². The second-order valence-electron chi connectivity index (χ2n) is 5.28. The monoisotopic (exact) mass is 304 g/mol. The Labute approximate surface area is 119 Å². The number of alkyl halides is 3. The largest absolute Gasteiger partial charge is 0.512 e. The van der Waals surface area contributed by atoms with Gasteiger partial charge in [-0.05, 0) is 36.6 Å². The van der Waals surface area contributed by atoms with Crippen LogP contribution in [-0.2, 0) is 9.53 Å². The summed E-state index contributed by atoms with van der Waals surface area (Å²) in [6, 6.07) is 0. The fraction of sp³-hybridized carbons (Fsp3) is 0.500. The van der Waals surface area contributed by atoms with Gasteiger partial charge in [0.2, 0.25) is 0 Å². The summed E-state index contributed by atoms with van der Waals surface area (Å²) in [5, 5.41) is 18.9. The average Bonchev–Trinajstić information content (AvgIpc) is 2.34. The van der Waals surface area contributed by atoms with Crippen molar-refractivity contribution >= 4 is 5.97 Å². The van der Waals surface area contributed by atoms with Crippen molar-refractivity contribution in [3.05, 3.63) is 34.6 Å². The number of hydrogen-bond donors (Lipinski definition) is 2. The number of fused-ring (bicyclic) bond motifs is 1. The van der Waals surface area contributed by atoms with Gasteiger partial charge in [-0.3, -0.25) is 0 Å². The number of aliphatic hydroxyl groups excluding tert-OH is 1. The predicted octanol–water partition coefficient (Wildman–Crippen LogP) is 3.27. The summed E-state index contributed by atoms with van der Waals surface area (Å²) in [6.45, 7) is 3.20. The molecule has 2 atom stereocenters. The molecule has 1 aliphatic carbocycles. The summed E-state index contributed by atoms with van der Waals surface area (Å²) in [6.07, 6.45) is -4.46. The lowest BCUT2D eigenvalue weighted by Gasteiger charge is -2.41. The van der Waals surface area contributed by atoms with Gasteiger partial charge in [0.25, 0.3) is 0 Å². The Balaban J connectivity index is 2.55. The number of carbonyl (C=O) groups is 1. The first kappa shape index (κ1) is 15.6. The second kappa shape index (κ2) is 4.91. The number of carboxylic acids is 1. The highest BCUT2D eigenvalue weighted by Gasteiger charge is 2.53. The lowest BCUT2D eigenvalue weighted by molar-refractivity contribution is -0.236. The van der Waals surface area contributed by atoms with Crippen LogP contribution in [0.1, 0.15) is 26.7 Å². The third-order valence-corrected chi connectivity index (χ3v) is 3.71. The molecule has 0 aromatic carbocycles. The first-order valence-electron chi connectivity index (χ1n) is 6.41. The van der Waals surface area contributed by atoms with Crippen molar-refractivity contribution in [1.29, 1.82) is 0 Å². The van der Waals surface area contributed by atoms with E-state index in [1.165, 1.54) is 13.0 Å². The summed E-state index contributed by atoms with van der Waals surface area (Å²) in [4.78, 5) is 11.1. The molecule has 0 aromatic rings. The van der Waals surface area contributed by atoms with Gasteiger partial charge in [0.15, 0.2) is 6.10 Å². The molecule has 0 spiro atoms. The molecule has 0 radical (unpaired) electrons. The number of carboxylic acid groups (broad SMARTS) is 1. The van der Waals surface area contributed by atoms with E-state index >= 15 is 0 Å². The van der Waals surface area contributed by atoms with Crippen LogP contribution in [0.5, 0.6) is 0 Å². The number of hydrogen-bond acceptors (Lipinski definition) is 3. The van der Waals surface area contributed by atoms with Crippen LogP contribution < -0.4 is 0 Å². The van der Waals surface area contributed by atoms with Crippen molar-refractivity contribution in [1.82, 2.24) is 0 Å². The molecule has 0 saturated carbocycles. The van der Waals surface area contributed by atoms with Gasteiger partial charge in [-0.2, -0.15) is 13.2 Å². The molecule has 7 heteroatoms. The lowest BCUT2D eigenvalue weighted by Crippen LogP contribution is -2.48. The van der Waals surface area contributed by atoms with E-state index in [2.05, 4.69) is 0 Å². The number of aliphatic hydroxyl groups is 1. The molecule has 2 rings (SSSR count). The quantitative estimate of drug-likeness (QED) is 0.821. The number of rotatable bonds is 2. The first-order chi connectivity index (χ1) is 9.58. The van der Waals surface area contributed by atoms with E-state index in [1.54, 1.807) is 6.92 Å². The van der Waals surface area contributed by atoms with E-state index in [0.717, 1.165) is 6.08 Å². The normalized spacial score (nSPS) is 29.7. The number of aliphatic carboxylic acids is 1. The molecule has 21 heavy (non-hydrogen) atoms. The fourth-order valence-corrected chi connectivity index (χ4v) is 2.55. The molecular weight excluding hydrogens is 289 g/mol. The highest BCUT2D eigenvalue weighted by Crippen LogP contribution is 2.45. The summed E-state index contributed by atoms with van der Waals surface area (Å²) in [5.41, 5.74) is -1.34. The highest BCUT2D eigenvalue weighted by atomic mass is 19.4. The van der Waals surface area contributed by atoms with Crippen molar-refractivity contribution in [3.8, 4) is 0 Å². The highest BCUT2D eigenvalue weighted by molar-refractivity contribution is 5.89. The molecule has 2 aliphatic rings. The van der Waals surface area contributed by atoms with Crippen molar-refractivity contribution in [3.63, 3.8) is 0 Å². The minimum absolute atomic E-state index is 0.0307. The van der Waals surface area contributed by atoms with Gasteiger partial charge < -0.3 is 14.9 Å². The molecular formula is C14H15F3O4. The standard InChI is InChI=1S/C14H15F3O4/c1-3-7-4-8-5-9(12(19)20)11(14(15,16)17)21-13(8,2)6-10(7)18/h4-5,11,18H,3,6H2,1-2H3,(H,19,20). The SMILES string of the molecule is CCC1=C(O)CC2(C)OC(C(F)(F)F)C(C(=O)O)=CC2=C1. The van der Waals surface area contributed by atoms with Gasteiger partial charge in [-0.15, -0.1) is 0 Å². The molecule has 1 aliphatic heterocycles. The van der Waals surface area contributed by atoms with E-state index in [9.17, 15) is 23.1 Å². The van der Waals surface area contributed by atoms with Crippen LogP contribution >= 0.6 is 0 Å². The van der Waals surface area contributed by atoms with Crippen LogP contribution in [-0.4, -0.2) is 34.1 Å². The predicted molar refractivity (Wildman–Crippen MR) is 67.7 cm³/mol. The maximum absolute atomic E-state index is 13.0. The molecule has 0 bridgehead atoms. The van der Waals surface area contributed by atoms with Gasteiger partial charge in [-0.1, -0.05) is 6.92 Å². The Kier molecular flexibility index (Phi) is 3.65. The second-order valence-corrected chi connectivity index (χ2v) is 5.28. The average molecular weight is 304 g/mol. The zero-order chi connectivity index (χ0) is 16.0. The molecule has 2 N–H and O–H groups in total. The van der Waals surface area contributed by atoms with Crippen molar-refractivity contribution < 1.29 is 32.9 Å². The van der Waals surface area contributed by atoms with Gasteiger partial charge in [0.05, 0.1) is 16.9 Å². The van der Waals surface area contributed by atoms with Crippen LogP contribution in [0.4, 0.5) is 13.2 Å². The third kappa shape index (κ3) is 2.70. The van der Waals surface area contributed by atoms with Crippen LogP contribution in [0.2, 0.25) is 0 Å². The zero-order valence-electron chi connectivity index (χ0n) is 11.5. The minimum Gasteiger partial charge on any atom is -0.512 e. The molecule has 4 nitrogen and oxygen atoms in total. The Morgan fingerprint density at radius 3 is 2.57 bits per heavy atom. The van der Waals surface area contributed by atoms with E-state index < -0.39 is 29.4 Å². The number of halogens is 3. The molecule has 116 valence electrons. The maximum Gasteiger partial charge on any atom is 0.419 e. The molecule has 0 amide bonds. The summed E-state index contributed by atoms with van der Waals surface area (Å²) >= 11 is 0. The zero-order valence-corrected chi connectivity index (χ0v) is 11.5. The van der Waals surface area contributed by atoms with Crippen LogP contribution in [0, 0.1) is 0 Å². The minimum atomic E-state index is -4.83. The van der Waals surface area contributed by atoms with Gasteiger partial charge >= 0.3 is 12.1 Å². The summed E-state index contributed by atoms with van der Waals surface area (Å²) < 4.78 is 44.0. The van der Waals surface area contributed by atoms with E-state index in [1.807, 2.05) is 0 Å². The topological polar surface area (TPSA) is 66.8 Å². The van der Waals surface area contributed by atoms with E-state index in [-0.39, 0.29) is 12.2 Å². The van der Waals surface area contributed by atoms with Crippen LogP contribution in [0.3, 0.4) is 0 Å².